The van der Waals surface area contributed by atoms with Crippen LogP contribution in [0.1, 0.15) is 21.9 Å². The molecule has 0 radical (unpaired) electrons. The third-order valence-electron chi connectivity index (χ3n) is 4.27. The number of nitrogens with zero attached hydrogens (tertiary/aromatic N) is 2. The minimum atomic E-state index is -0.443. The Kier molecular flexibility index (Phi) is 6.39. The van der Waals surface area contributed by atoms with Gasteiger partial charge < -0.3 is 14.5 Å². The number of hydrogen-bond donors (Lipinski definition) is 1. The molecule has 1 N–H and O–H groups in total. The SMILES string of the molecule is O=C(Nc1nn(Cc2ccc(F)cc2)cc1Br)c1ccc(COc2cccc(Cl)c2)o1. The number of ether oxygens (including phenoxy) is 1. The zero-order valence-electron chi connectivity index (χ0n) is 16.0. The molecule has 158 valence electrons. The number of benzene rings is 2. The van der Waals surface area contributed by atoms with Crippen LogP contribution in [0, 0.1) is 5.82 Å². The van der Waals surface area contributed by atoms with Gasteiger partial charge in [-0.15, -0.1) is 0 Å². The fraction of sp³-hybridized carbons (Fsp3) is 0.0909. The van der Waals surface area contributed by atoms with E-state index in [1.165, 1.54) is 12.1 Å². The second kappa shape index (κ2) is 9.36. The Labute approximate surface area is 190 Å². The van der Waals surface area contributed by atoms with Crippen molar-refractivity contribution in [1.82, 2.24) is 9.78 Å². The van der Waals surface area contributed by atoms with Crippen LogP contribution in [0.4, 0.5) is 10.2 Å². The number of carbonyl (C=O) groups excluding carboxylic acids is 1. The van der Waals surface area contributed by atoms with E-state index in [9.17, 15) is 9.18 Å². The number of furan rings is 1. The lowest BCUT2D eigenvalue weighted by molar-refractivity contribution is 0.0992. The number of rotatable bonds is 7. The molecule has 2 heterocycles. The lowest BCUT2D eigenvalue weighted by atomic mass is 10.2. The summed E-state index contributed by atoms with van der Waals surface area (Å²) in [7, 11) is 0. The maximum atomic E-state index is 13.1. The maximum Gasteiger partial charge on any atom is 0.292 e. The highest BCUT2D eigenvalue weighted by Gasteiger charge is 2.16. The van der Waals surface area contributed by atoms with Gasteiger partial charge in [0.2, 0.25) is 0 Å². The summed E-state index contributed by atoms with van der Waals surface area (Å²) in [5.41, 5.74) is 0.879. The second-order valence-electron chi connectivity index (χ2n) is 6.62. The molecular formula is C22H16BrClFN3O3. The van der Waals surface area contributed by atoms with Crippen LogP contribution in [0.25, 0.3) is 0 Å². The molecule has 0 saturated carbocycles. The number of carbonyl (C=O) groups is 1. The van der Waals surface area contributed by atoms with Crippen LogP contribution in [-0.4, -0.2) is 15.7 Å². The molecule has 0 saturated heterocycles. The first-order valence-corrected chi connectivity index (χ1v) is 10.4. The summed E-state index contributed by atoms with van der Waals surface area (Å²) in [6.45, 7) is 0.587. The number of aromatic nitrogens is 2. The Morgan fingerprint density at radius 3 is 2.77 bits per heavy atom. The minimum Gasteiger partial charge on any atom is -0.486 e. The summed E-state index contributed by atoms with van der Waals surface area (Å²) in [5, 5.41) is 7.63. The predicted molar refractivity (Wildman–Crippen MR) is 118 cm³/mol. The number of anilines is 1. The van der Waals surface area contributed by atoms with E-state index in [4.69, 9.17) is 20.8 Å². The van der Waals surface area contributed by atoms with E-state index in [1.807, 2.05) is 0 Å². The average Bonchev–Trinajstić information content (AvgIpc) is 3.35. The van der Waals surface area contributed by atoms with Crippen LogP contribution in [0.2, 0.25) is 5.02 Å². The van der Waals surface area contributed by atoms with E-state index < -0.39 is 5.91 Å². The first-order chi connectivity index (χ1) is 15.0. The second-order valence-corrected chi connectivity index (χ2v) is 7.91. The van der Waals surface area contributed by atoms with Crippen molar-refractivity contribution in [2.24, 2.45) is 0 Å². The Hall–Kier alpha value is -3.10. The highest BCUT2D eigenvalue weighted by molar-refractivity contribution is 9.10. The van der Waals surface area contributed by atoms with Gasteiger partial charge >= 0.3 is 0 Å². The first-order valence-electron chi connectivity index (χ1n) is 9.22. The van der Waals surface area contributed by atoms with Crippen molar-refractivity contribution < 1.29 is 18.3 Å². The molecule has 2 aromatic heterocycles. The number of halogens is 3. The summed E-state index contributed by atoms with van der Waals surface area (Å²) in [6, 6.07) is 16.4. The summed E-state index contributed by atoms with van der Waals surface area (Å²) in [6.07, 6.45) is 1.73. The summed E-state index contributed by atoms with van der Waals surface area (Å²) >= 11 is 9.32. The molecule has 0 atom stereocenters. The van der Waals surface area contributed by atoms with Gasteiger partial charge in [0.05, 0.1) is 11.0 Å². The van der Waals surface area contributed by atoms with Crippen molar-refractivity contribution in [1.29, 1.82) is 0 Å². The normalized spacial score (nSPS) is 10.8. The summed E-state index contributed by atoms with van der Waals surface area (Å²) in [5.74, 6) is 0.831. The molecule has 4 rings (SSSR count). The highest BCUT2D eigenvalue weighted by Crippen LogP contribution is 2.23. The molecule has 6 nitrogen and oxygen atoms in total. The van der Waals surface area contributed by atoms with Gasteiger partial charge in [-0.2, -0.15) is 5.10 Å². The quantitative estimate of drug-likeness (QED) is 0.340. The van der Waals surface area contributed by atoms with Crippen LogP contribution in [0.5, 0.6) is 5.75 Å². The minimum absolute atomic E-state index is 0.129. The van der Waals surface area contributed by atoms with Gasteiger partial charge in [0.15, 0.2) is 11.6 Å². The Morgan fingerprint density at radius 1 is 1.19 bits per heavy atom. The van der Waals surface area contributed by atoms with Crippen LogP contribution in [-0.2, 0) is 13.2 Å². The van der Waals surface area contributed by atoms with Crippen LogP contribution in [0.15, 0.2) is 75.8 Å². The van der Waals surface area contributed by atoms with Gasteiger partial charge in [0, 0.05) is 11.2 Å². The molecule has 0 fully saturated rings. The van der Waals surface area contributed by atoms with Crippen molar-refractivity contribution in [2.45, 2.75) is 13.2 Å². The lowest BCUT2D eigenvalue weighted by Gasteiger charge is -2.04. The van der Waals surface area contributed by atoms with Crippen LogP contribution in [0.3, 0.4) is 0 Å². The van der Waals surface area contributed by atoms with E-state index in [1.54, 1.807) is 59.4 Å². The molecule has 0 aliphatic rings. The van der Waals surface area contributed by atoms with E-state index in [0.29, 0.717) is 33.4 Å². The molecule has 0 spiro atoms. The van der Waals surface area contributed by atoms with Crippen molar-refractivity contribution in [3.8, 4) is 5.75 Å². The van der Waals surface area contributed by atoms with Crippen LogP contribution >= 0.6 is 27.5 Å². The van der Waals surface area contributed by atoms with Gasteiger partial charge in [-0.25, -0.2) is 4.39 Å². The summed E-state index contributed by atoms with van der Waals surface area (Å²) in [4.78, 5) is 12.5. The predicted octanol–water partition coefficient (Wildman–Crippen LogP) is 5.91. The maximum absolute atomic E-state index is 13.1. The van der Waals surface area contributed by atoms with Gasteiger partial charge in [-0.3, -0.25) is 9.48 Å². The van der Waals surface area contributed by atoms with Gasteiger partial charge in [0.25, 0.3) is 5.91 Å². The fourth-order valence-electron chi connectivity index (χ4n) is 2.80. The third-order valence-corrected chi connectivity index (χ3v) is 5.08. The van der Waals surface area contributed by atoms with Crippen LogP contribution < -0.4 is 10.1 Å². The standard InChI is InChI=1S/C22H16BrClFN3O3/c23-19-12-28(11-14-4-6-16(25)7-5-14)27-21(19)26-22(29)20-9-8-18(31-20)13-30-17-3-1-2-15(24)10-17/h1-10,12H,11,13H2,(H,26,27,29). The molecule has 4 aromatic rings. The molecule has 31 heavy (non-hydrogen) atoms. The average molecular weight is 505 g/mol. The Balaban J connectivity index is 1.37. The number of amides is 1. The van der Waals surface area contributed by atoms with Crippen molar-refractivity contribution >= 4 is 39.3 Å². The monoisotopic (exact) mass is 503 g/mol. The molecule has 9 heteroatoms. The zero-order valence-corrected chi connectivity index (χ0v) is 18.4. The van der Waals surface area contributed by atoms with E-state index in [0.717, 1.165) is 5.56 Å². The highest BCUT2D eigenvalue weighted by atomic mass is 79.9. The molecule has 0 aliphatic carbocycles. The van der Waals surface area contributed by atoms with Gasteiger partial charge in [0.1, 0.15) is 23.9 Å². The molecule has 0 unspecified atom stereocenters. The zero-order chi connectivity index (χ0) is 21.8. The summed E-state index contributed by atoms with van der Waals surface area (Å²) < 4.78 is 26.5. The topological polar surface area (TPSA) is 69.3 Å². The number of hydrogen-bond acceptors (Lipinski definition) is 4. The third kappa shape index (κ3) is 5.53. The number of nitrogens with one attached hydrogen (secondary N) is 1. The molecular weight excluding hydrogens is 489 g/mol. The molecule has 0 aliphatic heterocycles. The van der Waals surface area contributed by atoms with Crippen molar-refractivity contribution in [2.75, 3.05) is 5.32 Å². The van der Waals surface area contributed by atoms with E-state index in [2.05, 4.69) is 26.3 Å². The largest absolute Gasteiger partial charge is 0.486 e. The van der Waals surface area contributed by atoms with Crippen molar-refractivity contribution in [3.63, 3.8) is 0 Å². The van der Waals surface area contributed by atoms with E-state index in [-0.39, 0.29) is 18.2 Å². The Bertz CT molecular complexity index is 1210. The smallest absolute Gasteiger partial charge is 0.292 e. The first kappa shape index (κ1) is 21.1. The van der Waals surface area contributed by atoms with Crippen molar-refractivity contribution in [3.05, 3.63) is 99.3 Å². The molecule has 0 bridgehead atoms. The fourth-order valence-corrected chi connectivity index (χ4v) is 3.39. The van der Waals surface area contributed by atoms with Gasteiger partial charge in [-0.1, -0.05) is 29.8 Å². The van der Waals surface area contributed by atoms with E-state index >= 15 is 0 Å². The Morgan fingerprint density at radius 2 is 2.00 bits per heavy atom. The molecule has 1 amide bonds. The lowest BCUT2D eigenvalue weighted by Crippen LogP contribution is -2.12. The van der Waals surface area contributed by atoms with Gasteiger partial charge in [-0.05, 0) is 64.0 Å². The molecule has 2 aromatic carbocycles.